The molecule has 7 nitrogen and oxygen atoms in total. The number of aliphatic hydroxyl groups excluding tert-OH is 3. The summed E-state index contributed by atoms with van der Waals surface area (Å²) in [4.78, 5) is 23.1. The van der Waals surface area contributed by atoms with Crippen molar-refractivity contribution in [2.75, 3.05) is 6.61 Å². The first-order valence-electron chi connectivity index (χ1n) is 18.7. The molecule has 0 aliphatic carbocycles. The number of ether oxygens (including phenoxy) is 2. The van der Waals surface area contributed by atoms with Crippen LogP contribution in [0.5, 0.6) is 0 Å². The van der Waals surface area contributed by atoms with E-state index in [1.54, 1.807) is 19.1 Å². The molecule has 0 aromatic heterocycles. The van der Waals surface area contributed by atoms with E-state index in [4.69, 9.17) is 9.47 Å². The van der Waals surface area contributed by atoms with Gasteiger partial charge in [-0.15, -0.1) is 0 Å². The lowest BCUT2D eigenvalue weighted by Gasteiger charge is -2.22. The van der Waals surface area contributed by atoms with Crippen LogP contribution in [0.3, 0.4) is 0 Å². The van der Waals surface area contributed by atoms with Crippen LogP contribution < -0.4 is 0 Å². The molecule has 0 bridgehead atoms. The van der Waals surface area contributed by atoms with E-state index < -0.39 is 29.7 Å². The molecule has 0 saturated carbocycles. The predicted molar refractivity (Wildman–Crippen MR) is 187 cm³/mol. The van der Waals surface area contributed by atoms with Gasteiger partial charge in [-0.05, 0) is 32.6 Å². The molecule has 266 valence electrons. The number of unbranched alkanes of at least 4 members (excludes halogenated alkanes) is 22. The van der Waals surface area contributed by atoms with Gasteiger partial charge in [0, 0.05) is 0 Å². The molecule has 2 fully saturated rings. The Morgan fingerprint density at radius 1 is 0.630 bits per heavy atom. The first kappa shape index (κ1) is 42.1. The number of carbonyl (C=O) groups is 2. The quantitative estimate of drug-likeness (QED) is 0.0514. The summed E-state index contributed by atoms with van der Waals surface area (Å²) in [5.74, 6) is -0.794. The summed E-state index contributed by atoms with van der Waals surface area (Å²) in [6.45, 7) is 9.20. The second-order valence-corrected chi connectivity index (χ2v) is 13.5. The molecule has 2 heterocycles. The summed E-state index contributed by atoms with van der Waals surface area (Å²) in [6, 6.07) is 0. The minimum Gasteiger partial charge on any atom is -0.450 e. The van der Waals surface area contributed by atoms with Gasteiger partial charge in [0.1, 0.15) is 18.0 Å². The molecule has 0 amide bonds. The molecule has 3 atom stereocenters. The highest BCUT2D eigenvalue weighted by molar-refractivity contribution is 5.94. The van der Waals surface area contributed by atoms with E-state index in [0.717, 1.165) is 32.1 Å². The van der Waals surface area contributed by atoms with Crippen LogP contribution in [0, 0.1) is 0 Å². The van der Waals surface area contributed by atoms with Gasteiger partial charge >= 0.3 is 11.9 Å². The lowest BCUT2D eigenvalue weighted by molar-refractivity contribution is -0.152. The van der Waals surface area contributed by atoms with Crippen molar-refractivity contribution >= 4 is 11.9 Å². The van der Waals surface area contributed by atoms with Crippen LogP contribution >= 0.6 is 0 Å². The van der Waals surface area contributed by atoms with Gasteiger partial charge in [-0.25, -0.2) is 9.59 Å². The fraction of sp³-hybridized carbons (Fsp3) is 0.795. The van der Waals surface area contributed by atoms with E-state index in [2.05, 4.69) is 20.4 Å². The zero-order valence-corrected chi connectivity index (χ0v) is 29.7. The maximum absolute atomic E-state index is 11.7. The van der Waals surface area contributed by atoms with Gasteiger partial charge in [-0.2, -0.15) is 0 Å². The molecule has 0 radical (unpaired) electrons. The summed E-state index contributed by atoms with van der Waals surface area (Å²) in [7, 11) is 0. The van der Waals surface area contributed by atoms with Crippen LogP contribution in [-0.4, -0.2) is 51.7 Å². The number of hydrogen-bond acceptors (Lipinski definition) is 7. The fourth-order valence-corrected chi connectivity index (χ4v) is 5.93. The Kier molecular flexibility index (Phi) is 23.8. The van der Waals surface area contributed by atoms with E-state index in [1.165, 1.54) is 122 Å². The number of carbonyl (C=O) groups excluding carboxylic acids is 2. The van der Waals surface area contributed by atoms with Crippen molar-refractivity contribution in [3.05, 3.63) is 35.6 Å². The predicted octanol–water partition coefficient (Wildman–Crippen LogP) is 9.33. The molecule has 0 aromatic carbocycles. The minimum absolute atomic E-state index is 0.148. The van der Waals surface area contributed by atoms with Gasteiger partial charge in [0.25, 0.3) is 0 Å². The molecule has 0 unspecified atom stereocenters. The molecule has 46 heavy (non-hydrogen) atoms. The largest absolute Gasteiger partial charge is 0.450 e. The Bertz CT molecular complexity index is 908. The lowest BCUT2D eigenvalue weighted by Crippen LogP contribution is -2.40. The first-order valence-corrected chi connectivity index (χ1v) is 18.7. The van der Waals surface area contributed by atoms with Gasteiger partial charge < -0.3 is 24.8 Å². The van der Waals surface area contributed by atoms with Crippen molar-refractivity contribution in [2.24, 2.45) is 0 Å². The average molecular weight is 649 g/mol. The highest BCUT2D eigenvalue weighted by atomic mass is 16.6. The topological polar surface area (TPSA) is 113 Å². The van der Waals surface area contributed by atoms with Gasteiger partial charge in [0.2, 0.25) is 0 Å². The Hall–Kier alpha value is -1.96. The van der Waals surface area contributed by atoms with Crippen molar-refractivity contribution in [1.29, 1.82) is 0 Å². The summed E-state index contributed by atoms with van der Waals surface area (Å²) in [5.41, 5.74) is -0.518. The second-order valence-electron chi connectivity index (χ2n) is 13.5. The summed E-state index contributed by atoms with van der Waals surface area (Å²) >= 11 is 0. The minimum atomic E-state index is -1.18. The van der Waals surface area contributed by atoms with Crippen LogP contribution in [0.2, 0.25) is 0 Å². The van der Waals surface area contributed by atoms with Crippen LogP contribution in [0.15, 0.2) is 35.6 Å². The number of hydrogen-bond donors (Lipinski definition) is 3. The third kappa shape index (κ3) is 17.3. The number of rotatable bonds is 25. The van der Waals surface area contributed by atoms with Gasteiger partial charge in [-0.1, -0.05) is 161 Å². The van der Waals surface area contributed by atoms with Crippen LogP contribution in [0.4, 0.5) is 0 Å². The number of cyclic esters (lactones) is 2. The van der Waals surface area contributed by atoms with Gasteiger partial charge in [0.15, 0.2) is 5.60 Å². The Labute approximate surface area is 280 Å². The normalized spacial score (nSPS) is 22.8. The molecule has 7 heteroatoms. The Morgan fingerprint density at radius 3 is 1.33 bits per heavy atom. The monoisotopic (exact) mass is 648 g/mol. The molecular formula is C39H68O7. The smallest absolute Gasteiger partial charge is 0.341 e. The molecule has 0 aromatic rings. The maximum Gasteiger partial charge on any atom is 0.341 e. The molecule has 2 aliphatic heterocycles. The Morgan fingerprint density at radius 2 is 1.00 bits per heavy atom. The van der Waals surface area contributed by atoms with Crippen molar-refractivity contribution in [2.45, 2.75) is 193 Å². The van der Waals surface area contributed by atoms with E-state index >= 15 is 0 Å². The van der Waals surface area contributed by atoms with Crippen molar-refractivity contribution < 1.29 is 34.4 Å². The lowest BCUT2D eigenvalue weighted by atomic mass is 9.96. The van der Waals surface area contributed by atoms with Crippen molar-refractivity contribution in [1.82, 2.24) is 0 Å². The molecule has 3 N–H and O–H groups in total. The first-order chi connectivity index (χ1) is 22.2. The zero-order chi connectivity index (χ0) is 34.0. The van der Waals surface area contributed by atoms with Gasteiger partial charge in [0.05, 0.1) is 17.8 Å². The van der Waals surface area contributed by atoms with Crippen LogP contribution in [-0.2, 0) is 19.1 Å². The second kappa shape index (κ2) is 26.0. The Balaban J connectivity index is 0.000000462. The highest BCUT2D eigenvalue weighted by Crippen LogP contribution is 2.31. The van der Waals surface area contributed by atoms with E-state index in [0.29, 0.717) is 11.1 Å². The summed E-state index contributed by atoms with van der Waals surface area (Å²) in [6.07, 6.45) is 31.8. The van der Waals surface area contributed by atoms with Gasteiger partial charge in [-0.3, -0.25) is 0 Å². The van der Waals surface area contributed by atoms with E-state index in [9.17, 15) is 24.9 Å². The highest BCUT2D eigenvalue weighted by Gasteiger charge is 2.48. The molecule has 2 aliphatic rings. The van der Waals surface area contributed by atoms with E-state index in [1.807, 2.05) is 0 Å². The third-order valence-corrected chi connectivity index (χ3v) is 9.15. The van der Waals surface area contributed by atoms with Crippen LogP contribution in [0.1, 0.15) is 175 Å². The summed E-state index contributed by atoms with van der Waals surface area (Å²) in [5, 5.41) is 29.0. The number of esters is 2. The number of allylic oxidation sites excluding steroid dienone is 2. The SMILES string of the molecule is C=C1OC(=O)/C(=C\CCCCCCCCCCCCC)[C@H]1O.CCCCCCCCCCCCC/C=C1\C(=O)O[C@@](C)(CO)[C@@H]1O. The van der Waals surface area contributed by atoms with Crippen molar-refractivity contribution in [3.8, 4) is 0 Å². The average Bonchev–Trinajstić information content (AvgIpc) is 3.42. The number of aliphatic hydroxyl groups is 3. The molecule has 2 saturated heterocycles. The van der Waals surface area contributed by atoms with E-state index in [-0.39, 0.29) is 12.4 Å². The standard InChI is InChI=1S/C20H36O4.C19H32O3/c1-3-4-5-6-7-8-9-10-11-12-13-14-15-17-18(22)20(2,16-21)24-19(17)23;1-3-4-5-6-7-8-9-10-11-12-13-14-15-17-18(20)16(2)22-19(17)21/h15,18,21-22H,3-14,16H2,1-2H3;15,18,20H,2-14H2,1H3/b2*17-15-/t18-,20+;18-/m10/s1. The van der Waals surface area contributed by atoms with Crippen LogP contribution in [0.25, 0.3) is 0 Å². The third-order valence-electron chi connectivity index (χ3n) is 9.15. The zero-order valence-electron chi connectivity index (χ0n) is 29.7. The molecular weight excluding hydrogens is 580 g/mol. The molecule has 0 spiro atoms. The van der Waals surface area contributed by atoms with Crippen molar-refractivity contribution in [3.63, 3.8) is 0 Å². The molecule has 2 rings (SSSR count). The summed E-state index contributed by atoms with van der Waals surface area (Å²) < 4.78 is 9.87. The fourth-order valence-electron chi connectivity index (χ4n) is 5.93. The maximum atomic E-state index is 11.7.